The van der Waals surface area contributed by atoms with Crippen LogP contribution in [0.5, 0.6) is 5.88 Å². The van der Waals surface area contributed by atoms with E-state index in [9.17, 15) is 0 Å². The molecule has 0 spiro atoms. The van der Waals surface area contributed by atoms with Gasteiger partial charge in [0, 0.05) is 12.7 Å². The number of hydrogen-bond acceptors (Lipinski definition) is 3. The van der Waals surface area contributed by atoms with Crippen molar-refractivity contribution in [3.8, 4) is 5.88 Å². The van der Waals surface area contributed by atoms with Crippen LogP contribution in [0.25, 0.3) is 0 Å². The van der Waals surface area contributed by atoms with Gasteiger partial charge in [-0.3, -0.25) is 0 Å². The molecule has 2 rings (SSSR count). The lowest BCUT2D eigenvalue weighted by Gasteiger charge is -2.22. The Hall–Kier alpha value is -0.800. The molecule has 0 atom stereocenters. The highest BCUT2D eigenvalue weighted by atomic mass is 35.5. The quantitative estimate of drug-likeness (QED) is 0.854. The van der Waals surface area contributed by atoms with E-state index >= 15 is 0 Å². The second-order valence-electron chi connectivity index (χ2n) is 6.03. The first-order valence-corrected chi connectivity index (χ1v) is 8.04. The molecule has 0 aliphatic heterocycles. The Kier molecular flexibility index (Phi) is 6.11. The van der Waals surface area contributed by atoms with Gasteiger partial charge in [0.25, 0.3) is 0 Å². The van der Waals surface area contributed by atoms with Crippen molar-refractivity contribution in [2.75, 3.05) is 6.54 Å². The third-order valence-corrected chi connectivity index (χ3v) is 3.85. The van der Waals surface area contributed by atoms with Gasteiger partial charge in [-0.15, -0.1) is 0 Å². The molecule has 0 radical (unpaired) electrons. The predicted octanol–water partition coefficient (Wildman–Crippen LogP) is 4.19. The molecule has 0 saturated heterocycles. The number of nitrogens with one attached hydrogen (secondary N) is 1. The zero-order chi connectivity index (χ0) is 14.4. The van der Waals surface area contributed by atoms with Crippen molar-refractivity contribution in [2.24, 2.45) is 5.92 Å². The monoisotopic (exact) mass is 296 g/mol. The van der Waals surface area contributed by atoms with E-state index in [4.69, 9.17) is 16.3 Å². The van der Waals surface area contributed by atoms with E-state index in [2.05, 4.69) is 24.1 Å². The van der Waals surface area contributed by atoms with E-state index in [0.717, 1.165) is 31.5 Å². The zero-order valence-electron chi connectivity index (χ0n) is 12.5. The summed E-state index contributed by atoms with van der Waals surface area (Å²) in [5, 5.41) is 4.01. The molecule has 3 nitrogen and oxygen atoms in total. The van der Waals surface area contributed by atoms with Gasteiger partial charge in [0.2, 0.25) is 5.88 Å². The zero-order valence-corrected chi connectivity index (χ0v) is 13.2. The van der Waals surface area contributed by atoms with E-state index in [1.165, 1.54) is 19.3 Å². The summed E-state index contributed by atoms with van der Waals surface area (Å²) in [4.78, 5) is 4.38. The summed E-state index contributed by atoms with van der Waals surface area (Å²) in [5.41, 5.74) is 1.10. The topological polar surface area (TPSA) is 34.2 Å². The molecule has 0 amide bonds. The van der Waals surface area contributed by atoms with Gasteiger partial charge >= 0.3 is 0 Å². The van der Waals surface area contributed by atoms with Crippen LogP contribution in [0, 0.1) is 5.92 Å². The van der Waals surface area contributed by atoms with E-state index in [1.54, 1.807) is 0 Å². The molecular formula is C16H25ClN2O. The number of pyridine rings is 1. The van der Waals surface area contributed by atoms with Crippen LogP contribution in [0.4, 0.5) is 0 Å². The molecule has 1 heterocycles. The first-order valence-electron chi connectivity index (χ1n) is 7.67. The Morgan fingerprint density at radius 2 is 2.10 bits per heavy atom. The summed E-state index contributed by atoms with van der Waals surface area (Å²) in [5.74, 6) is 1.23. The SMILES string of the molecule is CC(C)CNCc1cnc(OC2CCCCC2)c(Cl)c1. The molecule has 1 saturated carbocycles. The molecular weight excluding hydrogens is 272 g/mol. The van der Waals surface area contributed by atoms with E-state index in [0.29, 0.717) is 22.9 Å². The summed E-state index contributed by atoms with van der Waals surface area (Å²) >= 11 is 6.27. The number of nitrogens with zero attached hydrogens (tertiary/aromatic N) is 1. The smallest absolute Gasteiger partial charge is 0.232 e. The molecule has 0 bridgehead atoms. The number of rotatable bonds is 6. The predicted molar refractivity (Wildman–Crippen MR) is 83.3 cm³/mol. The van der Waals surface area contributed by atoms with Crippen LogP contribution < -0.4 is 10.1 Å². The third kappa shape index (κ3) is 4.95. The molecule has 1 aromatic rings. The Balaban J connectivity index is 1.88. The van der Waals surface area contributed by atoms with Crippen molar-refractivity contribution in [2.45, 2.75) is 58.6 Å². The standard InChI is InChI=1S/C16H25ClN2O/c1-12(2)9-18-10-13-8-15(17)16(19-11-13)20-14-6-4-3-5-7-14/h8,11-12,14,18H,3-7,9-10H2,1-2H3. The lowest BCUT2D eigenvalue weighted by atomic mass is 9.98. The van der Waals surface area contributed by atoms with Gasteiger partial charge in [-0.2, -0.15) is 0 Å². The highest BCUT2D eigenvalue weighted by Crippen LogP contribution is 2.27. The average molecular weight is 297 g/mol. The van der Waals surface area contributed by atoms with Gasteiger partial charge in [-0.25, -0.2) is 4.98 Å². The average Bonchev–Trinajstić information content (AvgIpc) is 2.42. The maximum absolute atomic E-state index is 6.27. The molecule has 1 aromatic heterocycles. The van der Waals surface area contributed by atoms with Gasteiger partial charge in [-0.05, 0) is 49.8 Å². The number of aromatic nitrogens is 1. The lowest BCUT2D eigenvalue weighted by Crippen LogP contribution is -2.21. The molecule has 4 heteroatoms. The van der Waals surface area contributed by atoms with Gasteiger partial charge in [0.05, 0.1) is 0 Å². The van der Waals surface area contributed by atoms with Crippen molar-refractivity contribution >= 4 is 11.6 Å². The molecule has 1 N–H and O–H groups in total. The van der Waals surface area contributed by atoms with Crippen LogP contribution in [0.1, 0.15) is 51.5 Å². The summed E-state index contributed by atoms with van der Waals surface area (Å²) in [6, 6.07) is 1.96. The van der Waals surface area contributed by atoms with Crippen LogP contribution >= 0.6 is 11.6 Å². The van der Waals surface area contributed by atoms with Crippen LogP contribution in [0.2, 0.25) is 5.02 Å². The van der Waals surface area contributed by atoms with Gasteiger partial charge < -0.3 is 10.1 Å². The second-order valence-corrected chi connectivity index (χ2v) is 6.44. The third-order valence-electron chi connectivity index (χ3n) is 3.58. The summed E-state index contributed by atoms with van der Waals surface area (Å²) in [7, 11) is 0. The van der Waals surface area contributed by atoms with E-state index < -0.39 is 0 Å². The molecule has 0 unspecified atom stereocenters. The first kappa shape index (κ1) is 15.6. The molecule has 112 valence electrons. The first-order chi connectivity index (χ1) is 9.65. The minimum absolute atomic E-state index is 0.290. The van der Waals surface area contributed by atoms with Crippen molar-refractivity contribution in [3.05, 3.63) is 22.8 Å². The fourth-order valence-electron chi connectivity index (χ4n) is 2.49. The Labute approximate surface area is 127 Å². The maximum Gasteiger partial charge on any atom is 0.232 e. The van der Waals surface area contributed by atoms with Gasteiger partial charge in [0.15, 0.2) is 0 Å². The van der Waals surface area contributed by atoms with Gasteiger partial charge in [0.1, 0.15) is 11.1 Å². The van der Waals surface area contributed by atoms with Crippen molar-refractivity contribution in [1.29, 1.82) is 0 Å². The normalized spacial score (nSPS) is 16.6. The van der Waals surface area contributed by atoms with Crippen molar-refractivity contribution in [3.63, 3.8) is 0 Å². The van der Waals surface area contributed by atoms with Crippen LogP contribution in [-0.2, 0) is 6.54 Å². The highest BCUT2D eigenvalue weighted by Gasteiger charge is 2.17. The van der Waals surface area contributed by atoms with E-state index in [-0.39, 0.29) is 0 Å². The fourth-order valence-corrected chi connectivity index (χ4v) is 2.73. The lowest BCUT2D eigenvalue weighted by molar-refractivity contribution is 0.149. The molecule has 1 aliphatic carbocycles. The molecule has 20 heavy (non-hydrogen) atoms. The van der Waals surface area contributed by atoms with Gasteiger partial charge in [-0.1, -0.05) is 31.9 Å². The number of halogens is 1. The Morgan fingerprint density at radius 3 is 2.75 bits per heavy atom. The van der Waals surface area contributed by atoms with Crippen molar-refractivity contribution < 1.29 is 4.74 Å². The number of ether oxygens (including phenoxy) is 1. The van der Waals surface area contributed by atoms with E-state index in [1.807, 2.05) is 12.3 Å². The minimum atomic E-state index is 0.290. The van der Waals surface area contributed by atoms with Crippen LogP contribution in [0.15, 0.2) is 12.3 Å². The largest absolute Gasteiger partial charge is 0.473 e. The van der Waals surface area contributed by atoms with Crippen molar-refractivity contribution in [1.82, 2.24) is 10.3 Å². The second kappa shape index (κ2) is 7.84. The highest BCUT2D eigenvalue weighted by molar-refractivity contribution is 6.31. The Bertz CT molecular complexity index is 417. The molecule has 1 fully saturated rings. The molecule has 0 aromatic carbocycles. The maximum atomic E-state index is 6.27. The minimum Gasteiger partial charge on any atom is -0.473 e. The molecule has 1 aliphatic rings. The Morgan fingerprint density at radius 1 is 1.35 bits per heavy atom. The number of hydrogen-bond donors (Lipinski definition) is 1. The summed E-state index contributed by atoms with van der Waals surface area (Å²) < 4.78 is 5.92. The van der Waals surface area contributed by atoms with Crippen LogP contribution in [-0.4, -0.2) is 17.6 Å². The fraction of sp³-hybridized carbons (Fsp3) is 0.688. The van der Waals surface area contributed by atoms with Crippen LogP contribution in [0.3, 0.4) is 0 Å². The summed E-state index contributed by atoms with van der Waals surface area (Å²) in [6.07, 6.45) is 8.21. The summed E-state index contributed by atoms with van der Waals surface area (Å²) in [6.45, 7) is 6.19.